The van der Waals surface area contributed by atoms with E-state index in [0.717, 1.165) is 37.8 Å². The molecule has 0 saturated heterocycles. The van der Waals surface area contributed by atoms with Gasteiger partial charge >= 0.3 is 0 Å². The third-order valence-electron chi connectivity index (χ3n) is 4.19. The monoisotopic (exact) mass is 337 g/mol. The Morgan fingerprint density at radius 1 is 1.39 bits per heavy atom. The largest absolute Gasteiger partial charge is 0.333 e. The Morgan fingerprint density at radius 3 is 2.65 bits per heavy atom. The predicted molar refractivity (Wildman–Crippen MR) is 93.5 cm³/mol. The molecular weight excluding hydrogens is 310 g/mol. The molecule has 0 radical (unpaired) electrons. The zero-order valence-electron chi connectivity index (χ0n) is 14.3. The molecule has 0 spiro atoms. The third-order valence-corrected chi connectivity index (χ3v) is 5.07. The summed E-state index contributed by atoms with van der Waals surface area (Å²) in [5.74, 6) is 0.610. The summed E-state index contributed by atoms with van der Waals surface area (Å²) in [6.07, 6.45) is 5.09. The minimum Gasteiger partial charge on any atom is -0.333 e. The van der Waals surface area contributed by atoms with Crippen LogP contribution in [0.15, 0.2) is 5.38 Å². The number of thiazole rings is 1. The fourth-order valence-corrected chi connectivity index (χ4v) is 3.56. The molecule has 0 aromatic carbocycles. The number of nitrogens with one attached hydrogen (secondary N) is 1. The maximum atomic E-state index is 12.7. The van der Waals surface area contributed by atoms with Crippen LogP contribution in [0.5, 0.6) is 0 Å². The number of aromatic nitrogens is 1. The Balaban J connectivity index is 1.94. The van der Waals surface area contributed by atoms with Crippen LogP contribution in [0.25, 0.3) is 0 Å². The second kappa shape index (κ2) is 8.43. The van der Waals surface area contributed by atoms with Crippen LogP contribution >= 0.6 is 11.3 Å². The van der Waals surface area contributed by atoms with Crippen molar-refractivity contribution in [1.82, 2.24) is 9.88 Å². The van der Waals surface area contributed by atoms with E-state index in [1.54, 1.807) is 4.90 Å². The summed E-state index contributed by atoms with van der Waals surface area (Å²) in [6.45, 7) is 6.94. The van der Waals surface area contributed by atoms with Crippen molar-refractivity contribution in [3.8, 4) is 0 Å². The van der Waals surface area contributed by atoms with E-state index in [9.17, 15) is 9.59 Å². The van der Waals surface area contributed by atoms with Gasteiger partial charge in [-0.1, -0.05) is 26.7 Å². The minimum atomic E-state index is -0.158. The number of amides is 2. The van der Waals surface area contributed by atoms with E-state index in [1.807, 2.05) is 12.3 Å². The number of anilines is 1. The molecule has 23 heavy (non-hydrogen) atoms. The van der Waals surface area contributed by atoms with Gasteiger partial charge in [0.2, 0.25) is 11.8 Å². The van der Waals surface area contributed by atoms with E-state index in [4.69, 9.17) is 0 Å². The molecule has 1 aliphatic rings. The first-order chi connectivity index (χ1) is 11.0. The second-order valence-electron chi connectivity index (χ2n) is 6.77. The summed E-state index contributed by atoms with van der Waals surface area (Å²) in [5.41, 5.74) is 0.893. The van der Waals surface area contributed by atoms with Crippen molar-refractivity contribution in [2.75, 3.05) is 18.4 Å². The van der Waals surface area contributed by atoms with Crippen molar-refractivity contribution < 1.29 is 9.59 Å². The van der Waals surface area contributed by atoms with E-state index >= 15 is 0 Å². The van der Waals surface area contributed by atoms with Gasteiger partial charge in [0.1, 0.15) is 0 Å². The van der Waals surface area contributed by atoms with E-state index in [2.05, 4.69) is 24.1 Å². The van der Waals surface area contributed by atoms with E-state index in [0.29, 0.717) is 17.6 Å². The molecule has 0 unspecified atom stereocenters. The van der Waals surface area contributed by atoms with Crippen LogP contribution in [0, 0.1) is 18.8 Å². The van der Waals surface area contributed by atoms with Crippen molar-refractivity contribution in [2.45, 2.75) is 52.9 Å². The first kappa shape index (κ1) is 17.9. The van der Waals surface area contributed by atoms with Gasteiger partial charge in [-0.05, 0) is 32.1 Å². The van der Waals surface area contributed by atoms with E-state index in [-0.39, 0.29) is 24.3 Å². The first-order valence-corrected chi connectivity index (χ1v) is 9.34. The Hall–Kier alpha value is -1.43. The van der Waals surface area contributed by atoms with Crippen molar-refractivity contribution in [1.29, 1.82) is 0 Å². The maximum Gasteiger partial charge on any atom is 0.245 e. The molecule has 2 rings (SSSR count). The average molecular weight is 337 g/mol. The maximum absolute atomic E-state index is 12.7. The SMILES string of the molecule is Cc1csc(NC(=O)CN(CCC(C)C)C(=O)C2CCCC2)n1. The van der Waals surface area contributed by atoms with Crippen molar-refractivity contribution >= 4 is 28.3 Å². The Bertz CT molecular complexity index is 536. The van der Waals surface area contributed by atoms with Crippen LogP contribution in [0.4, 0.5) is 5.13 Å². The van der Waals surface area contributed by atoms with Crippen LogP contribution in [0.2, 0.25) is 0 Å². The molecule has 2 amide bonds. The standard InChI is InChI=1S/C17H27N3O2S/c1-12(2)8-9-20(16(22)14-6-4-5-7-14)10-15(21)19-17-18-13(3)11-23-17/h11-12,14H,4-10H2,1-3H3,(H,18,19,21). The van der Waals surface area contributed by atoms with Gasteiger partial charge in [-0.25, -0.2) is 4.98 Å². The van der Waals surface area contributed by atoms with Crippen LogP contribution < -0.4 is 5.32 Å². The minimum absolute atomic E-state index is 0.108. The van der Waals surface area contributed by atoms with Crippen LogP contribution in [0.3, 0.4) is 0 Å². The number of aryl methyl sites for hydroxylation is 1. The molecule has 0 atom stereocenters. The Morgan fingerprint density at radius 2 is 2.09 bits per heavy atom. The molecule has 1 aliphatic carbocycles. The number of rotatable bonds is 7. The second-order valence-corrected chi connectivity index (χ2v) is 7.62. The average Bonchev–Trinajstić information content (AvgIpc) is 3.14. The molecule has 0 bridgehead atoms. The highest BCUT2D eigenvalue weighted by molar-refractivity contribution is 7.13. The zero-order chi connectivity index (χ0) is 16.8. The fraction of sp³-hybridized carbons (Fsp3) is 0.706. The normalized spacial score (nSPS) is 15.1. The summed E-state index contributed by atoms with van der Waals surface area (Å²) < 4.78 is 0. The number of carbonyl (C=O) groups excluding carboxylic acids is 2. The zero-order valence-corrected chi connectivity index (χ0v) is 15.1. The van der Waals surface area contributed by atoms with Gasteiger partial charge in [-0.2, -0.15) is 0 Å². The fourth-order valence-electron chi connectivity index (χ4n) is 2.86. The number of carbonyl (C=O) groups is 2. The van der Waals surface area contributed by atoms with Crippen LogP contribution in [-0.4, -0.2) is 34.8 Å². The van der Waals surface area contributed by atoms with Crippen LogP contribution in [0.1, 0.15) is 51.6 Å². The van der Waals surface area contributed by atoms with Gasteiger partial charge in [0.15, 0.2) is 5.13 Å². The first-order valence-electron chi connectivity index (χ1n) is 8.46. The highest BCUT2D eigenvalue weighted by Gasteiger charge is 2.28. The predicted octanol–water partition coefficient (Wildman–Crippen LogP) is 3.45. The highest BCUT2D eigenvalue weighted by Crippen LogP contribution is 2.27. The third kappa shape index (κ3) is 5.61. The lowest BCUT2D eigenvalue weighted by atomic mass is 10.1. The Kier molecular flexibility index (Phi) is 6.57. The molecule has 1 fully saturated rings. The molecular formula is C17H27N3O2S. The quantitative estimate of drug-likeness (QED) is 0.829. The molecule has 6 heteroatoms. The van der Waals surface area contributed by atoms with Crippen molar-refractivity contribution in [3.05, 3.63) is 11.1 Å². The van der Waals surface area contributed by atoms with Gasteiger partial charge in [0.25, 0.3) is 0 Å². The molecule has 1 aromatic rings. The lowest BCUT2D eigenvalue weighted by molar-refractivity contribution is -0.138. The number of hydrogen-bond acceptors (Lipinski definition) is 4. The van der Waals surface area contributed by atoms with Crippen LogP contribution in [-0.2, 0) is 9.59 Å². The lowest BCUT2D eigenvalue weighted by Crippen LogP contribution is -2.41. The molecule has 1 heterocycles. The van der Waals surface area contributed by atoms with Gasteiger partial charge in [0.05, 0.1) is 12.2 Å². The summed E-state index contributed by atoms with van der Waals surface area (Å²) >= 11 is 1.41. The molecule has 1 saturated carbocycles. The molecule has 1 aromatic heterocycles. The molecule has 1 N–H and O–H groups in total. The summed E-state index contributed by atoms with van der Waals surface area (Å²) in [7, 11) is 0. The summed E-state index contributed by atoms with van der Waals surface area (Å²) in [5, 5.41) is 5.30. The Labute approximate surface area is 142 Å². The topological polar surface area (TPSA) is 62.3 Å². The van der Waals surface area contributed by atoms with Crippen molar-refractivity contribution in [2.24, 2.45) is 11.8 Å². The van der Waals surface area contributed by atoms with E-state index < -0.39 is 0 Å². The molecule has 5 nitrogen and oxygen atoms in total. The van der Waals surface area contributed by atoms with Crippen molar-refractivity contribution in [3.63, 3.8) is 0 Å². The van der Waals surface area contributed by atoms with Gasteiger partial charge in [0, 0.05) is 17.8 Å². The molecule has 128 valence electrons. The molecule has 0 aliphatic heterocycles. The van der Waals surface area contributed by atoms with Gasteiger partial charge < -0.3 is 10.2 Å². The summed E-state index contributed by atoms with van der Waals surface area (Å²) in [4.78, 5) is 30.9. The van der Waals surface area contributed by atoms with E-state index in [1.165, 1.54) is 11.3 Å². The summed E-state index contributed by atoms with van der Waals surface area (Å²) in [6, 6.07) is 0. The number of hydrogen-bond donors (Lipinski definition) is 1. The van der Waals surface area contributed by atoms with Gasteiger partial charge in [-0.15, -0.1) is 11.3 Å². The number of nitrogens with zero attached hydrogens (tertiary/aromatic N) is 2. The van der Waals surface area contributed by atoms with Gasteiger partial charge in [-0.3, -0.25) is 9.59 Å². The highest BCUT2D eigenvalue weighted by atomic mass is 32.1. The lowest BCUT2D eigenvalue weighted by Gasteiger charge is -2.25. The smallest absolute Gasteiger partial charge is 0.245 e.